The Bertz CT molecular complexity index is 1410. The van der Waals surface area contributed by atoms with Crippen LogP contribution in [0.4, 0.5) is 35.2 Å². The van der Waals surface area contributed by atoms with Crippen molar-refractivity contribution in [2.75, 3.05) is 22.1 Å². The molecule has 2 aromatic carbocycles. The zero-order valence-electron chi connectivity index (χ0n) is 19.9. The highest BCUT2D eigenvalue weighted by Gasteiger charge is 2.32. The number of carbonyl (C=O) groups excluding carboxylic acids is 1. The number of halogens is 3. The Labute approximate surface area is 211 Å². The van der Waals surface area contributed by atoms with Gasteiger partial charge in [0, 0.05) is 29.4 Å². The third-order valence-corrected chi connectivity index (χ3v) is 6.27. The summed E-state index contributed by atoms with van der Waals surface area (Å²) in [4.78, 5) is 23.8. The van der Waals surface area contributed by atoms with E-state index in [9.17, 15) is 18.0 Å². The molecule has 1 aliphatic heterocycles. The molecule has 10 heteroatoms. The van der Waals surface area contributed by atoms with Crippen molar-refractivity contribution < 1.29 is 22.4 Å². The molecule has 4 aromatic rings. The molecule has 0 unspecified atom stereocenters. The van der Waals surface area contributed by atoms with Gasteiger partial charge in [-0.15, -0.1) is 0 Å². The first kappa shape index (κ1) is 24.4. The van der Waals surface area contributed by atoms with Gasteiger partial charge in [0.25, 0.3) is 0 Å². The van der Waals surface area contributed by atoms with Gasteiger partial charge in [0.05, 0.1) is 23.1 Å². The van der Waals surface area contributed by atoms with E-state index in [0.717, 1.165) is 17.7 Å². The Morgan fingerprint density at radius 3 is 2.70 bits per heavy atom. The molecule has 3 heterocycles. The number of nitrogens with zero attached hydrogens (tertiary/aromatic N) is 3. The standard InChI is InChI=1S/C27H24F3N5O2/c1-2-21-11-12-32-23-10-9-22(17-5-3-7-19(13-17)27(28,29)30)34-25(23)35(21)26(36)33-20-8-4-6-18(14-20)24-15-31-16-37-24/h3-10,13-16,21,32H,2,11-12H2,1H3,(H,33,36)/t21-/m0/s1. The van der Waals surface area contributed by atoms with Crippen molar-refractivity contribution in [3.05, 3.63) is 78.8 Å². The molecule has 7 nitrogen and oxygen atoms in total. The van der Waals surface area contributed by atoms with Gasteiger partial charge < -0.3 is 15.1 Å². The highest BCUT2D eigenvalue weighted by Crippen LogP contribution is 2.36. The Hall–Kier alpha value is -4.34. The normalized spacial score (nSPS) is 15.5. The summed E-state index contributed by atoms with van der Waals surface area (Å²) in [5.41, 5.74) is 1.85. The lowest BCUT2D eigenvalue weighted by Crippen LogP contribution is -2.43. The van der Waals surface area contributed by atoms with E-state index in [0.29, 0.717) is 53.6 Å². The number of hydrogen-bond acceptors (Lipinski definition) is 5. The van der Waals surface area contributed by atoms with Crippen molar-refractivity contribution in [1.29, 1.82) is 0 Å². The topological polar surface area (TPSA) is 83.3 Å². The number of hydrogen-bond donors (Lipinski definition) is 2. The number of anilines is 3. The molecule has 5 rings (SSSR count). The number of urea groups is 1. The fourth-order valence-corrected chi connectivity index (χ4v) is 4.40. The molecule has 37 heavy (non-hydrogen) atoms. The summed E-state index contributed by atoms with van der Waals surface area (Å²) in [6.45, 7) is 2.61. The van der Waals surface area contributed by atoms with Crippen LogP contribution in [0.15, 0.2) is 77.7 Å². The molecule has 0 radical (unpaired) electrons. The molecular formula is C27H24F3N5O2. The second kappa shape index (κ2) is 9.96. The van der Waals surface area contributed by atoms with Crippen LogP contribution in [0.5, 0.6) is 0 Å². The fraction of sp³-hybridized carbons (Fsp3) is 0.222. The Morgan fingerprint density at radius 1 is 1.14 bits per heavy atom. The van der Waals surface area contributed by atoms with E-state index in [1.807, 2.05) is 13.0 Å². The third-order valence-electron chi connectivity index (χ3n) is 6.27. The molecule has 2 aromatic heterocycles. The average molecular weight is 508 g/mol. The molecule has 0 aliphatic carbocycles. The lowest BCUT2D eigenvalue weighted by Gasteiger charge is -2.29. The molecule has 2 N–H and O–H groups in total. The summed E-state index contributed by atoms with van der Waals surface area (Å²) in [6, 6.07) is 15.1. The van der Waals surface area contributed by atoms with Crippen molar-refractivity contribution in [2.45, 2.75) is 32.0 Å². The van der Waals surface area contributed by atoms with Gasteiger partial charge in [0.2, 0.25) is 0 Å². The highest BCUT2D eigenvalue weighted by molar-refractivity contribution is 6.04. The van der Waals surface area contributed by atoms with E-state index in [1.54, 1.807) is 47.5 Å². The van der Waals surface area contributed by atoms with Crippen LogP contribution < -0.4 is 15.5 Å². The number of fused-ring (bicyclic) bond motifs is 1. The molecular weight excluding hydrogens is 483 g/mol. The number of aromatic nitrogens is 2. The second-order valence-electron chi connectivity index (χ2n) is 8.67. The van der Waals surface area contributed by atoms with Crippen molar-refractivity contribution in [3.8, 4) is 22.6 Å². The number of alkyl halides is 3. The van der Waals surface area contributed by atoms with Crippen LogP contribution in [0.2, 0.25) is 0 Å². The van der Waals surface area contributed by atoms with Crippen LogP contribution in [0.3, 0.4) is 0 Å². The monoisotopic (exact) mass is 507 g/mol. The molecule has 0 bridgehead atoms. The van der Waals surface area contributed by atoms with E-state index < -0.39 is 11.7 Å². The van der Waals surface area contributed by atoms with E-state index in [-0.39, 0.29) is 12.1 Å². The summed E-state index contributed by atoms with van der Waals surface area (Å²) < 4.78 is 45.3. The van der Waals surface area contributed by atoms with E-state index >= 15 is 0 Å². The maximum atomic E-state index is 13.6. The first-order chi connectivity index (χ1) is 17.8. The van der Waals surface area contributed by atoms with Gasteiger partial charge in [-0.2, -0.15) is 13.2 Å². The minimum absolute atomic E-state index is 0.171. The zero-order chi connectivity index (χ0) is 26.0. The summed E-state index contributed by atoms with van der Waals surface area (Å²) in [6.07, 6.45) is -0.201. The Morgan fingerprint density at radius 2 is 1.95 bits per heavy atom. The highest BCUT2D eigenvalue weighted by atomic mass is 19.4. The fourth-order valence-electron chi connectivity index (χ4n) is 4.40. The van der Waals surface area contributed by atoms with Crippen LogP contribution in [-0.2, 0) is 6.18 Å². The maximum absolute atomic E-state index is 13.6. The van der Waals surface area contributed by atoms with Gasteiger partial charge in [0.1, 0.15) is 0 Å². The number of carbonyl (C=O) groups is 1. The number of benzene rings is 2. The third kappa shape index (κ3) is 5.13. The number of oxazole rings is 1. The van der Waals surface area contributed by atoms with Crippen LogP contribution in [0.25, 0.3) is 22.6 Å². The maximum Gasteiger partial charge on any atom is 0.416 e. The largest absolute Gasteiger partial charge is 0.444 e. The van der Waals surface area contributed by atoms with Gasteiger partial charge in [-0.25, -0.2) is 14.8 Å². The number of rotatable bonds is 4. The molecule has 1 atom stereocenters. The summed E-state index contributed by atoms with van der Waals surface area (Å²) in [7, 11) is 0. The summed E-state index contributed by atoms with van der Waals surface area (Å²) in [5, 5.41) is 6.24. The molecule has 0 fully saturated rings. The van der Waals surface area contributed by atoms with Crippen LogP contribution in [0.1, 0.15) is 25.3 Å². The predicted molar refractivity (Wildman–Crippen MR) is 135 cm³/mol. The first-order valence-electron chi connectivity index (χ1n) is 11.8. The first-order valence-corrected chi connectivity index (χ1v) is 11.8. The van der Waals surface area contributed by atoms with Crippen molar-refractivity contribution in [1.82, 2.24) is 9.97 Å². The van der Waals surface area contributed by atoms with Gasteiger partial charge in [-0.1, -0.05) is 31.2 Å². The van der Waals surface area contributed by atoms with E-state index in [4.69, 9.17) is 4.42 Å². The van der Waals surface area contributed by atoms with Crippen LogP contribution in [-0.4, -0.2) is 28.6 Å². The Balaban J connectivity index is 1.50. The van der Waals surface area contributed by atoms with E-state index in [2.05, 4.69) is 20.6 Å². The van der Waals surface area contributed by atoms with Crippen molar-refractivity contribution in [2.24, 2.45) is 0 Å². The van der Waals surface area contributed by atoms with Gasteiger partial charge >= 0.3 is 12.2 Å². The zero-order valence-corrected chi connectivity index (χ0v) is 19.9. The molecule has 0 spiro atoms. The minimum atomic E-state index is -4.47. The molecule has 0 saturated heterocycles. The minimum Gasteiger partial charge on any atom is -0.444 e. The van der Waals surface area contributed by atoms with Gasteiger partial charge in [0.15, 0.2) is 18.0 Å². The Kier molecular flexibility index (Phi) is 6.56. The van der Waals surface area contributed by atoms with Gasteiger partial charge in [-0.05, 0) is 49.2 Å². The SMILES string of the molecule is CC[C@H]1CCNc2ccc(-c3cccc(C(F)(F)F)c3)nc2N1C(=O)Nc1cccc(-c2cnco2)c1. The van der Waals surface area contributed by atoms with Gasteiger partial charge in [-0.3, -0.25) is 4.90 Å². The predicted octanol–water partition coefficient (Wildman–Crippen LogP) is 7.06. The smallest absolute Gasteiger partial charge is 0.416 e. The van der Waals surface area contributed by atoms with Crippen LogP contribution >= 0.6 is 0 Å². The molecule has 190 valence electrons. The average Bonchev–Trinajstić information content (AvgIpc) is 3.37. The molecule has 0 saturated carbocycles. The van der Waals surface area contributed by atoms with Crippen molar-refractivity contribution in [3.63, 3.8) is 0 Å². The van der Waals surface area contributed by atoms with Crippen molar-refractivity contribution >= 4 is 23.2 Å². The molecule has 1 aliphatic rings. The summed E-state index contributed by atoms with van der Waals surface area (Å²) >= 11 is 0. The van der Waals surface area contributed by atoms with E-state index in [1.165, 1.54) is 12.5 Å². The number of amides is 2. The van der Waals surface area contributed by atoms with Crippen LogP contribution in [0, 0.1) is 0 Å². The lowest BCUT2D eigenvalue weighted by atomic mass is 10.1. The number of pyridine rings is 1. The quantitative estimate of drug-likeness (QED) is 0.309. The lowest BCUT2D eigenvalue weighted by molar-refractivity contribution is -0.137. The summed E-state index contributed by atoms with van der Waals surface area (Å²) in [5.74, 6) is 0.933. The second-order valence-corrected chi connectivity index (χ2v) is 8.67. The number of nitrogens with one attached hydrogen (secondary N) is 2. The molecule has 2 amide bonds.